The summed E-state index contributed by atoms with van der Waals surface area (Å²) >= 11 is 0. The molecule has 2 rings (SSSR count). The molecule has 1 aliphatic carbocycles. The maximum absolute atomic E-state index is 13.0. The van der Waals surface area contributed by atoms with Gasteiger partial charge in [0, 0.05) is 6.61 Å². The van der Waals surface area contributed by atoms with Gasteiger partial charge in [0.1, 0.15) is 11.3 Å². The average Bonchev–Trinajstić information content (AvgIpc) is 2.76. The summed E-state index contributed by atoms with van der Waals surface area (Å²) in [7, 11) is 0. The molecule has 1 saturated carbocycles. The van der Waals surface area contributed by atoms with E-state index in [0.717, 1.165) is 12.8 Å². The number of nitrogens with zero attached hydrogens (tertiary/aromatic N) is 1. The molecular formula is C21H39NO4. The van der Waals surface area contributed by atoms with Gasteiger partial charge in [-0.25, -0.2) is 4.79 Å². The molecule has 5 nitrogen and oxygen atoms in total. The Morgan fingerprint density at radius 3 is 2.42 bits per heavy atom. The van der Waals surface area contributed by atoms with Gasteiger partial charge in [-0.05, 0) is 59.3 Å². The summed E-state index contributed by atoms with van der Waals surface area (Å²) in [5, 5.41) is 9.50. The Labute approximate surface area is 159 Å². The molecule has 5 heteroatoms. The van der Waals surface area contributed by atoms with E-state index in [0.29, 0.717) is 5.92 Å². The predicted octanol–water partition coefficient (Wildman–Crippen LogP) is 4.72. The van der Waals surface area contributed by atoms with E-state index >= 15 is 0 Å². The van der Waals surface area contributed by atoms with E-state index in [1.165, 1.54) is 32.1 Å². The number of rotatable bonds is 5. The largest absolute Gasteiger partial charge is 0.444 e. The van der Waals surface area contributed by atoms with Crippen molar-refractivity contribution in [2.45, 2.75) is 110 Å². The molecule has 0 spiro atoms. The average molecular weight is 370 g/mol. The quantitative estimate of drug-likeness (QED) is 0.762. The lowest BCUT2D eigenvalue weighted by molar-refractivity contribution is -0.0826. The lowest BCUT2D eigenvalue weighted by Crippen LogP contribution is -2.50. The summed E-state index contributed by atoms with van der Waals surface area (Å²) in [6, 6.07) is 0.0111. The van der Waals surface area contributed by atoms with Crippen molar-refractivity contribution in [1.82, 2.24) is 4.90 Å². The first-order chi connectivity index (χ1) is 12.0. The third kappa shape index (κ3) is 5.59. The summed E-state index contributed by atoms with van der Waals surface area (Å²) in [5.41, 5.74) is -1.22. The first-order valence-electron chi connectivity index (χ1n) is 10.3. The number of carbonyl (C=O) groups excluding carboxylic acids is 1. The minimum absolute atomic E-state index is 0.0111. The van der Waals surface area contributed by atoms with Crippen LogP contribution in [0.2, 0.25) is 0 Å². The van der Waals surface area contributed by atoms with Gasteiger partial charge in [-0.2, -0.15) is 0 Å². The van der Waals surface area contributed by atoms with Gasteiger partial charge in [-0.3, -0.25) is 4.90 Å². The molecule has 1 aliphatic heterocycles. The fourth-order valence-corrected chi connectivity index (χ4v) is 4.44. The highest BCUT2D eigenvalue weighted by Crippen LogP contribution is 2.41. The van der Waals surface area contributed by atoms with Crippen molar-refractivity contribution in [2.75, 3.05) is 6.61 Å². The van der Waals surface area contributed by atoms with Crippen molar-refractivity contribution >= 4 is 6.09 Å². The molecule has 2 aliphatic rings. The topological polar surface area (TPSA) is 59.0 Å². The van der Waals surface area contributed by atoms with Gasteiger partial charge in [-0.1, -0.05) is 39.0 Å². The Hall–Kier alpha value is -0.810. The molecule has 1 saturated heterocycles. The highest BCUT2D eigenvalue weighted by atomic mass is 16.6. The zero-order valence-corrected chi connectivity index (χ0v) is 17.6. The molecule has 2 fully saturated rings. The van der Waals surface area contributed by atoms with Crippen LogP contribution in [0.25, 0.3) is 0 Å². The van der Waals surface area contributed by atoms with Gasteiger partial charge in [0.15, 0.2) is 0 Å². The Balaban J connectivity index is 2.22. The summed E-state index contributed by atoms with van der Waals surface area (Å²) < 4.78 is 12.1. The molecule has 0 aromatic rings. The van der Waals surface area contributed by atoms with E-state index in [2.05, 4.69) is 0 Å². The lowest BCUT2D eigenvalue weighted by atomic mass is 9.82. The highest BCUT2D eigenvalue weighted by molar-refractivity contribution is 5.70. The van der Waals surface area contributed by atoms with E-state index in [-0.39, 0.29) is 30.8 Å². The molecule has 26 heavy (non-hydrogen) atoms. The molecule has 1 heterocycles. The Morgan fingerprint density at radius 2 is 1.88 bits per heavy atom. The molecule has 0 aromatic carbocycles. The minimum Gasteiger partial charge on any atom is -0.444 e. The third-order valence-corrected chi connectivity index (χ3v) is 5.62. The van der Waals surface area contributed by atoms with Crippen molar-refractivity contribution in [2.24, 2.45) is 11.8 Å². The fraction of sp³-hybridized carbons (Fsp3) is 0.952. The van der Waals surface area contributed by atoms with Gasteiger partial charge >= 0.3 is 6.09 Å². The second kappa shape index (κ2) is 8.47. The Kier molecular flexibility index (Phi) is 7.00. The van der Waals surface area contributed by atoms with Crippen molar-refractivity contribution < 1.29 is 19.4 Å². The Morgan fingerprint density at radius 1 is 1.27 bits per heavy atom. The SMILES string of the molecule is C[C@@H](CO)CC1OC(C)(C)N(C(=O)OC(C)(C)C)C1CC1CCCCC1. The number of carbonyl (C=O) groups is 1. The normalized spacial score (nSPS) is 28.2. The maximum atomic E-state index is 13.0. The number of hydrogen-bond donors (Lipinski definition) is 1. The minimum atomic E-state index is -0.693. The molecular weight excluding hydrogens is 330 g/mol. The van der Waals surface area contributed by atoms with E-state index in [9.17, 15) is 9.90 Å². The van der Waals surface area contributed by atoms with Crippen LogP contribution in [0, 0.1) is 11.8 Å². The van der Waals surface area contributed by atoms with Crippen LogP contribution in [0.4, 0.5) is 4.79 Å². The number of aliphatic hydroxyl groups excluding tert-OH is 1. The van der Waals surface area contributed by atoms with Crippen molar-refractivity contribution in [1.29, 1.82) is 0 Å². The van der Waals surface area contributed by atoms with Crippen molar-refractivity contribution in [3.8, 4) is 0 Å². The van der Waals surface area contributed by atoms with Gasteiger partial charge in [0.2, 0.25) is 0 Å². The van der Waals surface area contributed by atoms with E-state index in [1.807, 2.05) is 46.4 Å². The molecule has 152 valence electrons. The zero-order valence-electron chi connectivity index (χ0n) is 17.6. The first kappa shape index (κ1) is 21.5. The smallest absolute Gasteiger partial charge is 0.412 e. The first-order valence-corrected chi connectivity index (χ1v) is 10.3. The fourth-order valence-electron chi connectivity index (χ4n) is 4.44. The van der Waals surface area contributed by atoms with Crippen LogP contribution < -0.4 is 0 Å². The molecule has 1 amide bonds. The summed E-state index contributed by atoms with van der Waals surface area (Å²) in [4.78, 5) is 14.8. The van der Waals surface area contributed by atoms with Crippen LogP contribution in [-0.2, 0) is 9.47 Å². The van der Waals surface area contributed by atoms with Gasteiger partial charge in [-0.15, -0.1) is 0 Å². The number of hydrogen-bond acceptors (Lipinski definition) is 4. The number of ether oxygens (including phenoxy) is 2. The van der Waals surface area contributed by atoms with Crippen molar-refractivity contribution in [3.63, 3.8) is 0 Å². The second-order valence-corrected chi connectivity index (χ2v) is 9.78. The highest BCUT2D eigenvalue weighted by Gasteiger charge is 2.51. The van der Waals surface area contributed by atoms with E-state index in [1.54, 1.807) is 0 Å². The predicted molar refractivity (Wildman–Crippen MR) is 103 cm³/mol. The summed E-state index contributed by atoms with van der Waals surface area (Å²) in [5.74, 6) is 0.798. The molecule has 1 N–H and O–H groups in total. The van der Waals surface area contributed by atoms with Gasteiger partial charge in [0.05, 0.1) is 12.1 Å². The summed E-state index contributed by atoms with van der Waals surface area (Å²) in [6.07, 6.45) is 7.75. The molecule has 2 unspecified atom stereocenters. The van der Waals surface area contributed by atoms with Crippen LogP contribution in [0.15, 0.2) is 0 Å². The zero-order chi connectivity index (χ0) is 19.5. The van der Waals surface area contributed by atoms with Gasteiger partial charge < -0.3 is 14.6 Å². The molecule has 3 atom stereocenters. The summed E-state index contributed by atoms with van der Waals surface area (Å²) in [6.45, 7) is 11.8. The van der Waals surface area contributed by atoms with Crippen LogP contribution >= 0.6 is 0 Å². The van der Waals surface area contributed by atoms with Gasteiger partial charge in [0.25, 0.3) is 0 Å². The molecule has 0 bridgehead atoms. The van der Waals surface area contributed by atoms with E-state index < -0.39 is 11.3 Å². The monoisotopic (exact) mass is 369 g/mol. The molecule has 0 radical (unpaired) electrons. The second-order valence-electron chi connectivity index (χ2n) is 9.78. The maximum Gasteiger partial charge on any atom is 0.412 e. The van der Waals surface area contributed by atoms with Crippen LogP contribution in [0.1, 0.15) is 86.5 Å². The third-order valence-electron chi connectivity index (χ3n) is 5.62. The lowest BCUT2D eigenvalue weighted by Gasteiger charge is -2.37. The van der Waals surface area contributed by atoms with Crippen molar-refractivity contribution in [3.05, 3.63) is 0 Å². The van der Waals surface area contributed by atoms with Crippen LogP contribution in [0.5, 0.6) is 0 Å². The molecule has 0 aromatic heterocycles. The van der Waals surface area contributed by atoms with Crippen LogP contribution in [0.3, 0.4) is 0 Å². The van der Waals surface area contributed by atoms with Crippen LogP contribution in [-0.4, -0.2) is 46.2 Å². The van der Waals surface area contributed by atoms with E-state index in [4.69, 9.17) is 9.47 Å². The number of amides is 1. The number of aliphatic hydroxyl groups is 1. The Bertz CT molecular complexity index is 465. The standard InChI is InChI=1S/C21H39NO4/c1-15(14-23)12-18-17(13-16-10-8-7-9-11-16)22(21(5,6)25-18)19(24)26-20(2,3)4/h15-18,23H,7-14H2,1-6H3/t15-,17?,18?/m1/s1.